The van der Waals surface area contributed by atoms with E-state index in [2.05, 4.69) is 29.1 Å². The lowest BCUT2D eigenvalue weighted by molar-refractivity contribution is -0.132. The lowest BCUT2D eigenvalue weighted by atomic mass is 10.1. The first-order valence-corrected chi connectivity index (χ1v) is 8.88. The van der Waals surface area contributed by atoms with Crippen LogP contribution in [0.1, 0.15) is 19.4 Å². The molecule has 0 spiro atoms. The predicted molar refractivity (Wildman–Crippen MR) is 96.8 cm³/mol. The SMILES string of the molecule is CC(CNC(=O)C(C)OCc1ccccc1)CN1CCN(C)CC1. The summed E-state index contributed by atoms with van der Waals surface area (Å²) in [7, 11) is 2.16. The van der Waals surface area contributed by atoms with E-state index in [9.17, 15) is 4.79 Å². The Morgan fingerprint density at radius 1 is 1.17 bits per heavy atom. The van der Waals surface area contributed by atoms with E-state index in [4.69, 9.17) is 4.74 Å². The van der Waals surface area contributed by atoms with Gasteiger partial charge in [-0.05, 0) is 25.5 Å². The van der Waals surface area contributed by atoms with E-state index in [-0.39, 0.29) is 5.91 Å². The maximum atomic E-state index is 12.1. The summed E-state index contributed by atoms with van der Waals surface area (Å²) in [6, 6.07) is 9.93. The van der Waals surface area contributed by atoms with Gasteiger partial charge in [-0.1, -0.05) is 37.3 Å². The van der Waals surface area contributed by atoms with E-state index < -0.39 is 6.10 Å². The molecule has 1 aromatic rings. The van der Waals surface area contributed by atoms with Crippen molar-refractivity contribution in [1.82, 2.24) is 15.1 Å². The van der Waals surface area contributed by atoms with Gasteiger partial charge in [0, 0.05) is 39.3 Å². The summed E-state index contributed by atoms with van der Waals surface area (Å²) >= 11 is 0. The van der Waals surface area contributed by atoms with Gasteiger partial charge in [-0.3, -0.25) is 4.79 Å². The third-order valence-corrected chi connectivity index (χ3v) is 4.50. The van der Waals surface area contributed by atoms with Crippen molar-refractivity contribution in [2.75, 3.05) is 46.3 Å². The van der Waals surface area contributed by atoms with E-state index in [1.165, 1.54) is 0 Å². The molecule has 0 radical (unpaired) electrons. The summed E-state index contributed by atoms with van der Waals surface area (Å²) in [6.45, 7) is 10.7. The second-order valence-electron chi connectivity index (χ2n) is 6.89. The van der Waals surface area contributed by atoms with Crippen LogP contribution in [0.4, 0.5) is 0 Å². The lowest BCUT2D eigenvalue weighted by Crippen LogP contribution is -2.47. The van der Waals surface area contributed by atoms with E-state index in [0.29, 0.717) is 19.1 Å². The maximum absolute atomic E-state index is 12.1. The van der Waals surface area contributed by atoms with Crippen LogP contribution >= 0.6 is 0 Å². The maximum Gasteiger partial charge on any atom is 0.248 e. The van der Waals surface area contributed by atoms with Crippen molar-refractivity contribution >= 4 is 5.91 Å². The van der Waals surface area contributed by atoms with Crippen molar-refractivity contribution < 1.29 is 9.53 Å². The normalized spacial score (nSPS) is 19.0. The highest BCUT2D eigenvalue weighted by Gasteiger charge is 2.18. The molecule has 2 unspecified atom stereocenters. The van der Waals surface area contributed by atoms with E-state index in [1.807, 2.05) is 37.3 Å². The number of likely N-dealkylation sites (N-methyl/N-ethyl adjacent to an activating group) is 1. The van der Waals surface area contributed by atoms with Crippen LogP contribution in [0.2, 0.25) is 0 Å². The third-order valence-electron chi connectivity index (χ3n) is 4.50. The number of nitrogens with zero attached hydrogens (tertiary/aromatic N) is 2. The lowest BCUT2D eigenvalue weighted by Gasteiger charge is -2.34. The van der Waals surface area contributed by atoms with Crippen LogP contribution in [0.25, 0.3) is 0 Å². The van der Waals surface area contributed by atoms with Crippen LogP contribution in [-0.2, 0) is 16.1 Å². The molecule has 5 nitrogen and oxygen atoms in total. The van der Waals surface area contributed by atoms with Crippen LogP contribution in [0.3, 0.4) is 0 Å². The summed E-state index contributed by atoms with van der Waals surface area (Å²) in [5.74, 6) is 0.412. The minimum Gasteiger partial charge on any atom is -0.364 e. The molecular weight excluding hydrogens is 302 g/mol. The molecule has 0 saturated carbocycles. The van der Waals surface area contributed by atoms with Crippen molar-refractivity contribution in [3.63, 3.8) is 0 Å². The number of benzene rings is 1. The van der Waals surface area contributed by atoms with Crippen LogP contribution in [0, 0.1) is 5.92 Å². The summed E-state index contributed by atoms with van der Waals surface area (Å²) in [4.78, 5) is 17.0. The standard InChI is InChI=1S/C19H31N3O2/c1-16(14-22-11-9-21(3)10-12-22)13-20-19(23)17(2)24-15-18-7-5-4-6-8-18/h4-8,16-17H,9-15H2,1-3H3,(H,20,23). The largest absolute Gasteiger partial charge is 0.364 e. The zero-order valence-electron chi connectivity index (χ0n) is 15.2. The average molecular weight is 333 g/mol. The monoisotopic (exact) mass is 333 g/mol. The molecule has 5 heteroatoms. The molecular formula is C19H31N3O2. The fraction of sp³-hybridized carbons (Fsp3) is 0.632. The van der Waals surface area contributed by atoms with Gasteiger partial charge >= 0.3 is 0 Å². The minimum atomic E-state index is -0.430. The number of carbonyl (C=O) groups is 1. The number of hydrogen-bond donors (Lipinski definition) is 1. The fourth-order valence-electron chi connectivity index (χ4n) is 2.83. The van der Waals surface area contributed by atoms with Crippen molar-refractivity contribution in [1.29, 1.82) is 0 Å². The zero-order chi connectivity index (χ0) is 17.4. The molecule has 1 amide bonds. The first-order valence-electron chi connectivity index (χ1n) is 8.88. The van der Waals surface area contributed by atoms with E-state index in [1.54, 1.807) is 0 Å². The summed E-state index contributed by atoms with van der Waals surface area (Å²) in [5.41, 5.74) is 1.08. The van der Waals surface area contributed by atoms with E-state index >= 15 is 0 Å². The molecule has 1 aromatic carbocycles. The Labute approximate surface area is 146 Å². The third kappa shape index (κ3) is 6.59. The van der Waals surface area contributed by atoms with E-state index in [0.717, 1.165) is 38.3 Å². The Hall–Kier alpha value is -1.43. The molecule has 134 valence electrons. The Morgan fingerprint density at radius 3 is 2.50 bits per heavy atom. The predicted octanol–water partition coefficient (Wildman–Crippen LogP) is 1.59. The number of nitrogens with one attached hydrogen (secondary N) is 1. The molecule has 1 saturated heterocycles. The van der Waals surface area contributed by atoms with Gasteiger partial charge in [-0.25, -0.2) is 0 Å². The second-order valence-corrected chi connectivity index (χ2v) is 6.89. The molecule has 2 rings (SSSR count). The smallest absolute Gasteiger partial charge is 0.248 e. The zero-order valence-corrected chi connectivity index (χ0v) is 15.2. The molecule has 1 fully saturated rings. The first kappa shape index (κ1) is 18.9. The quantitative estimate of drug-likeness (QED) is 0.785. The Balaban J connectivity index is 1.62. The number of hydrogen-bond acceptors (Lipinski definition) is 4. The van der Waals surface area contributed by atoms with Gasteiger partial charge in [0.1, 0.15) is 6.10 Å². The summed E-state index contributed by atoms with van der Waals surface area (Å²) < 4.78 is 5.66. The molecule has 0 aliphatic carbocycles. The molecule has 1 heterocycles. The Morgan fingerprint density at radius 2 is 1.83 bits per heavy atom. The molecule has 1 N–H and O–H groups in total. The van der Waals surface area contributed by atoms with Crippen LogP contribution < -0.4 is 5.32 Å². The number of ether oxygens (including phenoxy) is 1. The summed E-state index contributed by atoms with van der Waals surface area (Å²) in [5, 5.41) is 3.02. The molecule has 1 aliphatic heterocycles. The minimum absolute atomic E-state index is 0.0313. The number of piperazine rings is 1. The highest BCUT2D eigenvalue weighted by molar-refractivity contribution is 5.80. The van der Waals surface area contributed by atoms with Gasteiger partial charge in [0.05, 0.1) is 6.61 Å². The number of carbonyl (C=O) groups excluding carboxylic acids is 1. The Kier molecular flexibility index (Phi) is 7.69. The second kappa shape index (κ2) is 9.77. The molecule has 0 bridgehead atoms. The molecule has 0 aromatic heterocycles. The highest BCUT2D eigenvalue weighted by atomic mass is 16.5. The van der Waals surface area contributed by atoms with Gasteiger partial charge < -0.3 is 19.9 Å². The highest BCUT2D eigenvalue weighted by Crippen LogP contribution is 2.05. The van der Waals surface area contributed by atoms with Crippen molar-refractivity contribution in [3.05, 3.63) is 35.9 Å². The van der Waals surface area contributed by atoms with Crippen LogP contribution in [0.5, 0.6) is 0 Å². The van der Waals surface area contributed by atoms with Crippen molar-refractivity contribution in [2.24, 2.45) is 5.92 Å². The van der Waals surface area contributed by atoms with Crippen LogP contribution in [-0.4, -0.2) is 68.1 Å². The molecule has 24 heavy (non-hydrogen) atoms. The average Bonchev–Trinajstić information content (AvgIpc) is 2.60. The molecule has 1 aliphatic rings. The topological polar surface area (TPSA) is 44.8 Å². The van der Waals surface area contributed by atoms with Gasteiger partial charge in [-0.15, -0.1) is 0 Å². The molecule has 2 atom stereocenters. The van der Waals surface area contributed by atoms with Gasteiger partial charge in [-0.2, -0.15) is 0 Å². The summed E-state index contributed by atoms with van der Waals surface area (Å²) in [6.07, 6.45) is -0.430. The van der Waals surface area contributed by atoms with Crippen LogP contribution in [0.15, 0.2) is 30.3 Å². The first-order chi connectivity index (χ1) is 11.5. The fourth-order valence-corrected chi connectivity index (χ4v) is 2.83. The van der Waals surface area contributed by atoms with Crippen molar-refractivity contribution in [2.45, 2.75) is 26.6 Å². The van der Waals surface area contributed by atoms with Gasteiger partial charge in [0.25, 0.3) is 0 Å². The Bertz CT molecular complexity index is 487. The number of amides is 1. The van der Waals surface area contributed by atoms with Gasteiger partial charge in [0.2, 0.25) is 5.91 Å². The van der Waals surface area contributed by atoms with Crippen molar-refractivity contribution in [3.8, 4) is 0 Å². The van der Waals surface area contributed by atoms with Gasteiger partial charge in [0.15, 0.2) is 0 Å². The number of rotatable bonds is 8.